The molecule has 0 radical (unpaired) electrons. The van der Waals surface area contributed by atoms with E-state index in [0.717, 1.165) is 23.3 Å². The number of nitrogens with one attached hydrogen (secondary N) is 1. The third kappa shape index (κ3) is 4.58. The van der Waals surface area contributed by atoms with Crippen molar-refractivity contribution < 1.29 is 9.53 Å². The largest absolute Gasteiger partial charge is 0.481 e. The van der Waals surface area contributed by atoms with E-state index in [-0.39, 0.29) is 11.4 Å². The van der Waals surface area contributed by atoms with E-state index < -0.39 is 6.10 Å². The van der Waals surface area contributed by atoms with Crippen molar-refractivity contribution in [2.24, 2.45) is 0 Å². The van der Waals surface area contributed by atoms with Crippen LogP contribution >= 0.6 is 0 Å². The van der Waals surface area contributed by atoms with Gasteiger partial charge in [-0.05, 0) is 58.2 Å². The summed E-state index contributed by atoms with van der Waals surface area (Å²) in [4.78, 5) is 12.1. The van der Waals surface area contributed by atoms with Crippen LogP contribution in [-0.2, 0) is 4.79 Å². The molecule has 1 aromatic carbocycles. The molecule has 3 heteroatoms. The Labute approximate surface area is 116 Å². The van der Waals surface area contributed by atoms with Crippen molar-refractivity contribution >= 4 is 5.91 Å². The van der Waals surface area contributed by atoms with Gasteiger partial charge in [0.15, 0.2) is 6.10 Å². The van der Waals surface area contributed by atoms with Crippen LogP contribution in [0.4, 0.5) is 0 Å². The zero-order valence-corrected chi connectivity index (χ0v) is 12.8. The number of carbonyl (C=O) groups is 1. The van der Waals surface area contributed by atoms with E-state index in [2.05, 4.69) is 12.2 Å². The summed E-state index contributed by atoms with van der Waals surface area (Å²) in [5.41, 5.74) is 1.97. The van der Waals surface area contributed by atoms with Crippen LogP contribution in [0.2, 0.25) is 0 Å². The van der Waals surface area contributed by atoms with E-state index >= 15 is 0 Å². The van der Waals surface area contributed by atoms with Gasteiger partial charge in [-0.25, -0.2) is 0 Å². The standard InChI is InChI=1S/C16H25NO2/c1-7-16(5,6)17-15(18)13(4)19-14-10-11(2)8-9-12(14)3/h8-10,13H,7H2,1-6H3,(H,17,18). The number of rotatable bonds is 5. The Morgan fingerprint density at radius 3 is 2.58 bits per heavy atom. The van der Waals surface area contributed by atoms with Crippen molar-refractivity contribution in [3.8, 4) is 5.75 Å². The number of amides is 1. The maximum Gasteiger partial charge on any atom is 0.261 e. The molecule has 0 aliphatic carbocycles. The third-order valence-corrected chi connectivity index (χ3v) is 3.36. The average Bonchev–Trinajstić information content (AvgIpc) is 2.33. The van der Waals surface area contributed by atoms with Gasteiger partial charge in [0.1, 0.15) is 5.75 Å². The van der Waals surface area contributed by atoms with Crippen LogP contribution in [0.5, 0.6) is 5.75 Å². The Morgan fingerprint density at radius 2 is 2.00 bits per heavy atom. The van der Waals surface area contributed by atoms with Crippen molar-refractivity contribution in [2.75, 3.05) is 0 Å². The minimum absolute atomic E-state index is 0.0762. The molecule has 106 valence electrons. The summed E-state index contributed by atoms with van der Waals surface area (Å²) in [5, 5.41) is 3.00. The molecule has 0 aliphatic rings. The molecule has 19 heavy (non-hydrogen) atoms. The lowest BCUT2D eigenvalue weighted by molar-refractivity contribution is -0.129. The second-order valence-corrected chi connectivity index (χ2v) is 5.76. The number of ether oxygens (including phenoxy) is 1. The predicted molar refractivity (Wildman–Crippen MR) is 78.5 cm³/mol. The first-order valence-electron chi connectivity index (χ1n) is 6.81. The molecule has 0 saturated carbocycles. The fourth-order valence-electron chi connectivity index (χ4n) is 1.60. The van der Waals surface area contributed by atoms with Crippen LogP contribution < -0.4 is 10.1 Å². The first kappa shape index (κ1) is 15.5. The summed E-state index contributed by atoms with van der Waals surface area (Å²) >= 11 is 0. The van der Waals surface area contributed by atoms with Gasteiger partial charge >= 0.3 is 0 Å². The summed E-state index contributed by atoms with van der Waals surface area (Å²) in [6.45, 7) is 11.8. The molecule has 0 aliphatic heterocycles. The van der Waals surface area contributed by atoms with Gasteiger partial charge < -0.3 is 10.1 Å². The van der Waals surface area contributed by atoms with Crippen LogP contribution in [0.1, 0.15) is 45.2 Å². The number of aryl methyl sites for hydroxylation is 2. The Hall–Kier alpha value is -1.51. The van der Waals surface area contributed by atoms with Gasteiger partial charge in [0.05, 0.1) is 0 Å². The highest BCUT2D eigenvalue weighted by molar-refractivity contribution is 5.81. The van der Waals surface area contributed by atoms with Gasteiger partial charge in [0, 0.05) is 5.54 Å². The van der Waals surface area contributed by atoms with E-state index in [1.165, 1.54) is 0 Å². The van der Waals surface area contributed by atoms with E-state index in [9.17, 15) is 4.79 Å². The monoisotopic (exact) mass is 263 g/mol. The van der Waals surface area contributed by atoms with E-state index in [4.69, 9.17) is 4.74 Å². The molecule has 1 N–H and O–H groups in total. The molecule has 0 fully saturated rings. The quantitative estimate of drug-likeness (QED) is 0.884. The summed E-state index contributed by atoms with van der Waals surface area (Å²) < 4.78 is 5.77. The molecule has 0 spiro atoms. The summed E-state index contributed by atoms with van der Waals surface area (Å²) in [7, 11) is 0. The van der Waals surface area contributed by atoms with Crippen molar-refractivity contribution in [3.63, 3.8) is 0 Å². The highest BCUT2D eigenvalue weighted by Gasteiger charge is 2.23. The SMILES string of the molecule is CCC(C)(C)NC(=O)C(C)Oc1cc(C)ccc1C. The van der Waals surface area contributed by atoms with Crippen LogP contribution in [0.3, 0.4) is 0 Å². The molecule has 1 rings (SSSR count). The smallest absolute Gasteiger partial charge is 0.261 e. The summed E-state index contributed by atoms with van der Waals surface area (Å²) in [6.07, 6.45) is 0.390. The Balaban J connectivity index is 2.71. The lowest BCUT2D eigenvalue weighted by Crippen LogP contribution is -2.48. The molecule has 1 unspecified atom stereocenters. The molecular formula is C16H25NO2. The van der Waals surface area contributed by atoms with Gasteiger partial charge in [-0.2, -0.15) is 0 Å². The van der Waals surface area contributed by atoms with Crippen molar-refractivity contribution in [1.82, 2.24) is 5.32 Å². The molecule has 0 saturated heterocycles. The number of carbonyl (C=O) groups excluding carboxylic acids is 1. The summed E-state index contributed by atoms with van der Waals surface area (Å²) in [6, 6.07) is 6.00. The maximum atomic E-state index is 12.1. The maximum absolute atomic E-state index is 12.1. The Bertz CT molecular complexity index is 452. The summed E-state index contributed by atoms with van der Waals surface area (Å²) in [5.74, 6) is 0.699. The normalized spacial score (nSPS) is 12.9. The minimum atomic E-state index is -0.494. The van der Waals surface area contributed by atoms with Crippen molar-refractivity contribution in [1.29, 1.82) is 0 Å². The van der Waals surface area contributed by atoms with Gasteiger partial charge in [0.25, 0.3) is 5.91 Å². The van der Waals surface area contributed by atoms with Crippen LogP contribution in [-0.4, -0.2) is 17.6 Å². The highest BCUT2D eigenvalue weighted by atomic mass is 16.5. The van der Waals surface area contributed by atoms with Crippen LogP contribution in [0.25, 0.3) is 0 Å². The van der Waals surface area contributed by atoms with E-state index in [0.29, 0.717) is 0 Å². The lowest BCUT2D eigenvalue weighted by Gasteiger charge is -2.27. The van der Waals surface area contributed by atoms with Gasteiger partial charge in [-0.15, -0.1) is 0 Å². The molecule has 1 atom stereocenters. The number of hydrogen-bond donors (Lipinski definition) is 1. The highest BCUT2D eigenvalue weighted by Crippen LogP contribution is 2.20. The first-order chi connectivity index (χ1) is 8.75. The number of benzene rings is 1. The van der Waals surface area contributed by atoms with E-state index in [1.807, 2.05) is 45.9 Å². The second-order valence-electron chi connectivity index (χ2n) is 5.76. The predicted octanol–water partition coefficient (Wildman–Crippen LogP) is 3.38. The number of hydrogen-bond acceptors (Lipinski definition) is 2. The lowest BCUT2D eigenvalue weighted by atomic mass is 10.0. The van der Waals surface area contributed by atoms with Crippen molar-refractivity contribution in [3.05, 3.63) is 29.3 Å². The fourth-order valence-corrected chi connectivity index (χ4v) is 1.60. The Morgan fingerprint density at radius 1 is 1.37 bits per heavy atom. The first-order valence-corrected chi connectivity index (χ1v) is 6.81. The molecule has 3 nitrogen and oxygen atoms in total. The molecule has 0 aromatic heterocycles. The zero-order chi connectivity index (χ0) is 14.6. The average molecular weight is 263 g/mol. The van der Waals surface area contributed by atoms with Gasteiger partial charge in [-0.1, -0.05) is 19.1 Å². The second kappa shape index (κ2) is 6.09. The van der Waals surface area contributed by atoms with E-state index in [1.54, 1.807) is 6.92 Å². The fraction of sp³-hybridized carbons (Fsp3) is 0.562. The minimum Gasteiger partial charge on any atom is -0.481 e. The van der Waals surface area contributed by atoms with Gasteiger partial charge in [0.2, 0.25) is 0 Å². The molecule has 0 bridgehead atoms. The zero-order valence-electron chi connectivity index (χ0n) is 12.8. The van der Waals surface area contributed by atoms with Crippen molar-refractivity contribution in [2.45, 2.75) is 59.6 Å². The molecular weight excluding hydrogens is 238 g/mol. The van der Waals surface area contributed by atoms with Crippen LogP contribution in [0.15, 0.2) is 18.2 Å². The molecule has 1 aromatic rings. The third-order valence-electron chi connectivity index (χ3n) is 3.36. The van der Waals surface area contributed by atoms with Gasteiger partial charge in [-0.3, -0.25) is 4.79 Å². The Kier molecular flexibility index (Phi) is 4.98. The topological polar surface area (TPSA) is 38.3 Å². The molecule has 0 heterocycles. The van der Waals surface area contributed by atoms with Crippen LogP contribution in [0, 0.1) is 13.8 Å². The molecule has 1 amide bonds.